The Kier molecular flexibility index (Phi) is 9.66. The van der Waals surface area contributed by atoms with Gasteiger partial charge in [-0.1, -0.05) is 169 Å². The number of thiophene rings is 1. The smallest absolute Gasteiger partial charge is 0.264 e. The van der Waals surface area contributed by atoms with E-state index in [-0.39, 0.29) is 28.4 Å². The van der Waals surface area contributed by atoms with Crippen molar-refractivity contribution in [2.75, 3.05) is 9.80 Å². The lowest BCUT2D eigenvalue weighted by atomic mass is 9.36. The molecule has 1 aromatic heterocycles. The van der Waals surface area contributed by atoms with Crippen LogP contribution in [0.1, 0.15) is 160 Å². The minimum Gasteiger partial charge on any atom is -0.311 e. The molecule has 12 rings (SSSR count). The van der Waals surface area contributed by atoms with Gasteiger partial charge in [0.2, 0.25) is 0 Å². The number of hydrogen-bond acceptors (Lipinski definition) is 3. The van der Waals surface area contributed by atoms with Crippen molar-refractivity contribution in [3.8, 4) is 11.1 Å². The van der Waals surface area contributed by atoms with E-state index in [1.807, 2.05) is 0 Å². The van der Waals surface area contributed by atoms with Crippen LogP contribution in [-0.2, 0) is 21.7 Å². The van der Waals surface area contributed by atoms with Crippen LogP contribution in [-0.4, -0.2) is 6.71 Å². The fraction of sp³-hybridized carbons (Fsp3) is 0.397. The van der Waals surface area contributed by atoms with E-state index < -0.39 is 0 Å². The van der Waals surface area contributed by atoms with Gasteiger partial charge in [-0.05, 0) is 157 Å². The fourth-order valence-corrected chi connectivity index (χ4v) is 14.8. The van der Waals surface area contributed by atoms with Crippen LogP contribution in [0.2, 0.25) is 0 Å². The number of benzene rings is 6. The van der Waals surface area contributed by atoms with E-state index in [1.54, 1.807) is 5.56 Å². The van der Waals surface area contributed by atoms with Gasteiger partial charge in [0, 0.05) is 48.7 Å². The second-order valence-corrected chi connectivity index (χ2v) is 25.9. The maximum Gasteiger partial charge on any atom is 0.264 e. The monoisotopic (exact) mass is 897 g/mol. The summed E-state index contributed by atoms with van der Waals surface area (Å²) in [5.74, 6) is 2.15. The number of nitrogens with zero attached hydrogens (tertiary/aromatic N) is 2. The highest BCUT2D eigenvalue weighted by molar-refractivity contribution is 7.33. The van der Waals surface area contributed by atoms with Gasteiger partial charge in [-0.2, -0.15) is 0 Å². The molecule has 0 N–H and O–H groups in total. The van der Waals surface area contributed by atoms with E-state index in [9.17, 15) is 0 Å². The van der Waals surface area contributed by atoms with Crippen LogP contribution in [0.4, 0.5) is 34.1 Å². The van der Waals surface area contributed by atoms with Crippen molar-refractivity contribution in [3.63, 3.8) is 0 Å². The first kappa shape index (κ1) is 43.2. The Labute approximate surface area is 405 Å². The SMILES string of the molecule is CC(C)(C)c1ccc(N2c3ccc(C(C)(C)C)cc3B3c4sc5cc6c(cc5c4N(c4ccc(C(C)(C)C)cc4)c4cc(C5CCCC7CCCCC75)cc2c43)-c2ccccc2C6(C)C)cc1. The summed E-state index contributed by atoms with van der Waals surface area (Å²) in [6.45, 7) is 26.1. The van der Waals surface area contributed by atoms with Crippen LogP contribution in [0, 0.1) is 11.8 Å². The first-order valence-corrected chi connectivity index (χ1v) is 26.5. The average molecular weight is 897 g/mol. The van der Waals surface area contributed by atoms with Crippen molar-refractivity contribution in [3.05, 3.63) is 149 Å². The van der Waals surface area contributed by atoms with Crippen LogP contribution in [0.5, 0.6) is 0 Å². The van der Waals surface area contributed by atoms with Gasteiger partial charge in [0.1, 0.15) is 0 Å². The van der Waals surface area contributed by atoms with E-state index in [2.05, 4.69) is 213 Å². The quantitative estimate of drug-likeness (QED) is 0.163. The number of fused-ring (bicyclic) bond motifs is 10. The molecule has 0 radical (unpaired) electrons. The molecular formula is C63H69BN2S. The summed E-state index contributed by atoms with van der Waals surface area (Å²) < 4.78 is 2.85. The summed E-state index contributed by atoms with van der Waals surface area (Å²) in [6.07, 6.45) is 9.54. The highest BCUT2D eigenvalue weighted by atomic mass is 32.1. The molecule has 67 heavy (non-hydrogen) atoms. The third kappa shape index (κ3) is 6.69. The predicted molar refractivity (Wildman–Crippen MR) is 292 cm³/mol. The summed E-state index contributed by atoms with van der Waals surface area (Å²) >= 11 is 2.06. The highest BCUT2D eigenvalue weighted by Crippen LogP contribution is 2.56. The molecule has 3 unspecified atom stereocenters. The minimum absolute atomic E-state index is 0.00300. The van der Waals surface area contributed by atoms with Gasteiger partial charge < -0.3 is 9.80 Å². The molecule has 2 nitrogen and oxygen atoms in total. The lowest BCUT2D eigenvalue weighted by Gasteiger charge is -2.46. The fourth-order valence-electron chi connectivity index (χ4n) is 13.5. The summed E-state index contributed by atoms with van der Waals surface area (Å²) in [6, 6.07) is 46.6. The van der Waals surface area contributed by atoms with Gasteiger partial charge >= 0.3 is 0 Å². The second kappa shape index (κ2) is 15.0. The van der Waals surface area contributed by atoms with E-state index >= 15 is 0 Å². The van der Waals surface area contributed by atoms with E-state index in [4.69, 9.17) is 0 Å². The van der Waals surface area contributed by atoms with Crippen molar-refractivity contribution in [1.29, 1.82) is 0 Å². The number of hydrogen-bond donors (Lipinski definition) is 0. The molecule has 7 aromatic rings. The summed E-state index contributed by atoms with van der Waals surface area (Å²) in [5.41, 5.74) is 22.2. The lowest BCUT2D eigenvalue weighted by Crippen LogP contribution is -2.60. The van der Waals surface area contributed by atoms with Crippen LogP contribution in [0.25, 0.3) is 21.2 Å². The zero-order valence-corrected chi connectivity index (χ0v) is 42.8. The van der Waals surface area contributed by atoms with Crippen molar-refractivity contribution in [1.82, 2.24) is 0 Å². The summed E-state index contributed by atoms with van der Waals surface area (Å²) in [4.78, 5) is 5.43. The summed E-state index contributed by atoms with van der Waals surface area (Å²) in [7, 11) is 0. The molecular weight excluding hydrogens is 828 g/mol. The molecule has 2 aliphatic heterocycles. The Hall–Kier alpha value is -5.06. The third-order valence-electron chi connectivity index (χ3n) is 17.2. The van der Waals surface area contributed by atoms with Gasteiger partial charge in [-0.25, -0.2) is 0 Å². The van der Waals surface area contributed by atoms with Gasteiger partial charge in [0.05, 0.1) is 5.69 Å². The normalized spacial score (nSPS) is 20.5. The van der Waals surface area contributed by atoms with Crippen molar-refractivity contribution in [2.24, 2.45) is 11.8 Å². The standard InChI is InChI=1S/C63H69BN2S/c1-60(2,3)40-23-28-43(29-24-40)65-53-32-27-42(62(7,8)9)35-52(53)64-57-54(65)33-39(46-21-16-18-38-17-12-13-19-45(38)46)34-55(57)66(44-30-25-41(26-31-44)61(4,5)6)58-49-36-48-47-20-14-15-22-50(47)63(10,11)51(48)37-56(49)67-59(58)64/h14-15,20,22-38,45-46H,12-13,16-19,21H2,1-11H3. The molecule has 0 spiro atoms. The predicted octanol–water partition coefficient (Wildman–Crippen LogP) is 16.3. The molecule has 340 valence electrons. The molecule has 6 aromatic carbocycles. The first-order valence-electron chi connectivity index (χ1n) is 25.7. The van der Waals surface area contributed by atoms with Crippen LogP contribution in [0.3, 0.4) is 0 Å². The Morgan fingerprint density at radius 1 is 0.552 bits per heavy atom. The molecule has 3 atom stereocenters. The third-order valence-corrected chi connectivity index (χ3v) is 18.4. The molecule has 0 amide bonds. The molecule has 0 bridgehead atoms. The molecule has 5 aliphatic rings. The Balaban J connectivity index is 1.19. The van der Waals surface area contributed by atoms with Gasteiger partial charge in [-0.3, -0.25) is 0 Å². The first-order chi connectivity index (χ1) is 31.9. The second-order valence-electron chi connectivity index (χ2n) is 24.8. The Bertz CT molecular complexity index is 3110. The Morgan fingerprint density at radius 3 is 1.82 bits per heavy atom. The van der Waals surface area contributed by atoms with Crippen LogP contribution < -0.4 is 25.5 Å². The molecule has 3 heterocycles. The van der Waals surface area contributed by atoms with Crippen molar-refractivity contribution >= 4 is 78.0 Å². The maximum atomic E-state index is 2.75. The lowest BCUT2D eigenvalue weighted by molar-refractivity contribution is 0.144. The van der Waals surface area contributed by atoms with E-state index in [0.29, 0.717) is 5.92 Å². The molecule has 3 aliphatic carbocycles. The van der Waals surface area contributed by atoms with Gasteiger partial charge in [-0.15, -0.1) is 11.3 Å². The number of anilines is 6. The highest BCUT2D eigenvalue weighted by Gasteiger charge is 2.48. The Morgan fingerprint density at radius 2 is 1.15 bits per heavy atom. The zero-order chi connectivity index (χ0) is 46.5. The molecule has 2 saturated carbocycles. The largest absolute Gasteiger partial charge is 0.311 e. The molecule has 2 fully saturated rings. The van der Waals surface area contributed by atoms with Crippen LogP contribution >= 0.6 is 11.3 Å². The van der Waals surface area contributed by atoms with Crippen LogP contribution in [0.15, 0.2) is 115 Å². The average Bonchev–Trinajstić information content (AvgIpc) is 3.78. The maximum absolute atomic E-state index is 2.75. The van der Waals surface area contributed by atoms with Crippen molar-refractivity contribution in [2.45, 2.75) is 149 Å². The molecule has 0 saturated heterocycles. The van der Waals surface area contributed by atoms with E-state index in [0.717, 1.165) is 11.8 Å². The topological polar surface area (TPSA) is 6.48 Å². The van der Waals surface area contributed by atoms with E-state index in [1.165, 1.54) is 144 Å². The minimum atomic E-state index is -0.0722. The van der Waals surface area contributed by atoms with Gasteiger partial charge in [0.15, 0.2) is 0 Å². The van der Waals surface area contributed by atoms with Gasteiger partial charge in [0.25, 0.3) is 6.71 Å². The molecule has 4 heteroatoms. The van der Waals surface area contributed by atoms with Crippen molar-refractivity contribution < 1.29 is 0 Å². The zero-order valence-electron chi connectivity index (χ0n) is 42.0. The summed E-state index contributed by atoms with van der Waals surface area (Å²) in [5, 5.41) is 1.38. The number of rotatable bonds is 3.